The van der Waals surface area contributed by atoms with Crippen LogP contribution in [0, 0.1) is 0 Å². The summed E-state index contributed by atoms with van der Waals surface area (Å²) >= 11 is 0. The van der Waals surface area contributed by atoms with Gasteiger partial charge in [-0.2, -0.15) is 10.1 Å². The second-order valence-corrected chi connectivity index (χ2v) is 7.23. The lowest BCUT2D eigenvalue weighted by Crippen LogP contribution is -2.29. The molecule has 4 rings (SSSR count). The zero-order chi connectivity index (χ0) is 23.2. The molecule has 2 aromatic carbocycles. The Morgan fingerprint density at radius 1 is 1.09 bits per heavy atom. The van der Waals surface area contributed by atoms with Crippen LogP contribution in [0.3, 0.4) is 0 Å². The first kappa shape index (κ1) is 22.1. The molecule has 0 fully saturated rings. The third-order valence-corrected chi connectivity index (χ3v) is 4.96. The van der Waals surface area contributed by atoms with Crippen LogP contribution in [0.2, 0.25) is 0 Å². The minimum atomic E-state index is -0.313. The van der Waals surface area contributed by atoms with Gasteiger partial charge in [0.1, 0.15) is 12.1 Å². The van der Waals surface area contributed by atoms with Gasteiger partial charge in [-0.15, -0.1) is 0 Å². The van der Waals surface area contributed by atoms with Crippen LogP contribution >= 0.6 is 0 Å². The molecule has 1 aromatic heterocycles. The van der Waals surface area contributed by atoms with Crippen LogP contribution in [0.1, 0.15) is 31.9 Å². The minimum Gasteiger partial charge on any atom is -0.494 e. The number of carbonyl (C=O) groups excluding carboxylic acids is 2. The highest BCUT2D eigenvalue weighted by atomic mass is 16.5. The third-order valence-electron chi connectivity index (χ3n) is 4.96. The first-order chi connectivity index (χ1) is 16.1. The van der Waals surface area contributed by atoms with Crippen molar-refractivity contribution in [2.24, 2.45) is 0 Å². The minimum absolute atomic E-state index is 0.134. The predicted molar refractivity (Wildman–Crippen MR) is 121 cm³/mol. The molecule has 1 aliphatic rings. The van der Waals surface area contributed by atoms with Gasteiger partial charge >= 0.3 is 0 Å². The summed E-state index contributed by atoms with van der Waals surface area (Å²) in [6.45, 7) is 4.57. The predicted octanol–water partition coefficient (Wildman–Crippen LogP) is 3.02. The van der Waals surface area contributed by atoms with E-state index in [9.17, 15) is 9.59 Å². The number of ether oxygens (including phenoxy) is 3. The first-order valence-corrected chi connectivity index (χ1v) is 10.7. The zero-order valence-corrected chi connectivity index (χ0v) is 18.4. The molecule has 2 amide bonds. The summed E-state index contributed by atoms with van der Waals surface area (Å²) in [6.07, 6.45) is 1.63. The molecule has 0 saturated carbocycles. The maximum atomic E-state index is 12.4. The molecule has 10 heteroatoms. The maximum Gasteiger partial charge on any atom is 0.262 e. The van der Waals surface area contributed by atoms with Crippen LogP contribution in [0.25, 0.3) is 0 Å². The molecule has 1 aliphatic heterocycles. The number of anilines is 2. The number of carbonyl (C=O) groups is 2. The molecule has 2 heterocycles. The highest BCUT2D eigenvalue weighted by molar-refractivity contribution is 5.92. The third kappa shape index (κ3) is 5.22. The van der Waals surface area contributed by atoms with Crippen LogP contribution in [0.5, 0.6) is 17.2 Å². The molecule has 10 nitrogen and oxygen atoms in total. The fourth-order valence-electron chi connectivity index (χ4n) is 3.53. The fraction of sp³-hybridized carbons (Fsp3) is 0.304. The summed E-state index contributed by atoms with van der Waals surface area (Å²) in [7, 11) is 0. The topological polar surface area (TPSA) is 117 Å². The number of amides is 2. The molecule has 1 unspecified atom stereocenters. The van der Waals surface area contributed by atoms with Crippen molar-refractivity contribution < 1.29 is 23.8 Å². The van der Waals surface area contributed by atoms with Crippen LogP contribution in [0.15, 0.2) is 48.8 Å². The molecular weight excluding hydrogens is 426 g/mol. The second kappa shape index (κ2) is 10.0. The number of hydrogen-bond acceptors (Lipinski definition) is 7. The quantitative estimate of drug-likeness (QED) is 0.514. The molecule has 172 valence electrons. The molecule has 2 N–H and O–H groups in total. The van der Waals surface area contributed by atoms with Crippen LogP contribution < -0.4 is 24.8 Å². The van der Waals surface area contributed by atoms with Gasteiger partial charge < -0.3 is 19.5 Å². The van der Waals surface area contributed by atoms with E-state index in [4.69, 9.17) is 14.2 Å². The van der Waals surface area contributed by atoms with Gasteiger partial charge in [-0.05, 0) is 55.8 Å². The van der Waals surface area contributed by atoms with Crippen molar-refractivity contribution >= 4 is 23.5 Å². The Labute approximate surface area is 190 Å². The number of rotatable bonds is 9. The number of hydrogen-bond donors (Lipinski definition) is 2. The summed E-state index contributed by atoms with van der Waals surface area (Å²) < 4.78 is 18.5. The number of aromatic nitrogens is 3. The molecule has 1 atom stereocenters. The lowest BCUT2D eigenvalue weighted by atomic mass is 10.0. The average molecular weight is 451 g/mol. The van der Waals surface area contributed by atoms with E-state index in [1.807, 2.05) is 19.9 Å². The van der Waals surface area contributed by atoms with Crippen molar-refractivity contribution in [1.82, 2.24) is 14.8 Å². The van der Waals surface area contributed by atoms with E-state index in [1.165, 1.54) is 6.33 Å². The molecule has 0 bridgehead atoms. The summed E-state index contributed by atoms with van der Waals surface area (Å²) in [4.78, 5) is 28.5. The molecule has 0 spiro atoms. The van der Waals surface area contributed by atoms with Gasteiger partial charge in [-0.3, -0.25) is 14.9 Å². The Bertz CT molecular complexity index is 1130. The van der Waals surface area contributed by atoms with E-state index < -0.39 is 0 Å². The van der Waals surface area contributed by atoms with Gasteiger partial charge in [0, 0.05) is 5.69 Å². The molecule has 0 aliphatic carbocycles. The molecular formula is C23H25N5O5. The Morgan fingerprint density at radius 3 is 2.64 bits per heavy atom. The fourth-order valence-corrected chi connectivity index (χ4v) is 3.53. The van der Waals surface area contributed by atoms with Crippen LogP contribution in [0.4, 0.5) is 11.6 Å². The summed E-state index contributed by atoms with van der Waals surface area (Å²) in [5, 5.41) is 9.70. The average Bonchev–Trinajstić information content (AvgIpc) is 3.28. The van der Waals surface area contributed by atoms with Crippen LogP contribution in [-0.4, -0.2) is 46.4 Å². The number of fused-ring (bicyclic) bond motifs is 1. The Morgan fingerprint density at radius 2 is 1.88 bits per heavy atom. The van der Waals surface area contributed by atoms with Crippen molar-refractivity contribution in [1.29, 1.82) is 0 Å². The first-order valence-electron chi connectivity index (χ1n) is 10.7. The van der Waals surface area contributed by atoms with Gasteiger partial charge in [-0.1, -0.05) is 6.07 Å². The van der Waals surface area contributed by atoms with Crippen molar-refractivity contribution in [3.8, 4) is 17.2 Å². The Hall–Kier alpha value is -4.08. The SMILES string of the molecule is CCOc1ccc(NC(=O)COc2ccc(C3CC(=O)Nc4ncnn43)cc2OCC)cc1. The van der Waals surface area contributed by atoms with Gasteiger partial charge in [-0.25, -0.2) is 4.68 Å². The monoisotopic (exact) mass is 451 g/mol. The molecule has 0 radical (unpaired) electrons. The van der Waals surface area contributed by atoms with Gasteiger partial charge in [0.25, 0.3) is 5.91 Å². The van der Waals surface area contributed by atoms with Gasteiger partial charge in [0.15, 0.2) is 18.1 Å². The van der Waals surface area contributed by atoms with E-state index in [0.717, 1.165) is 11.3 Å². The number of benzene rings is 2. The van der Waals surface area contributed by atoms with Crippen molar-refractivity contribution in [2.75, 3.05) is 30.5 Å². The highest BCUT2D eigenvalue weighted by Gasteiger charge is 2.28. The molecule has 33 heavy (non-hydrogen) atoms. The summed E-state index contributed by atoms with van der Waals surface area (Å²) in [5.74, 6) is 1.62. The molecule has 3 aromatic rings. The smallest absolute Gasteiger partial charge is 0.262 e. The van der Waals surface area contributed by atoms with E-state index in [1.54, 1.807) is 41.1 Å². The summed E-state index contributed by atoms with van der Waals surface area (Å²) in [5.41, 5.74) is 1.47. The van der Waals surface area contributed by atoms with E-state index >= 15 is 0 Å². The zero-order valence-electron chi connectivity index (χ0n) is 18.4. The van der Waals surface area contributed by atoms with E-state index in [-0.39, 0.29) is 30.9 Å². The van der Waals surface area contributed by atoms with E-state index in [2.05, 4.69) is 20.7 Å². The van der Waals surface area contributed by atoms with E-state index in [0.29, 0.717) is 36.3 Å². The van der Waals surface area contributed by atoms with Gasteiger partial charge in [0.2, 0.25) is 11.9 Å². The van der Waals surface area contributed by atoms with Crippen LogP contribution in [-0.2, 0) is 9.59 Å². The lowest BCUT2D eigenvalue weighted by molar-refractivity contribution is -0.118. The number of nitrogens with zero attached hydrogens (tertiary/aromatic N) is 3. The summed E-state index contributed by atoms with van der Waals surface area (Å²) in [6, 6.07) is 12.2. The highest BCUT2D eigenvalue weighted by Crippen LogP contribution is 2.35. The lowest BCUT2D eigenvalue weighted by Gasteiger charge is -2.24. The van der Waals surface area contributed by atoms with Crippen molar-refractivity contribution in [2.45, 2.75) is 26.3 Å². The van der Waals surface area contributed by atoms with Gasteiger partial charge in [0.05, 0.1) is 25.7 Å². The second-order valence-electron chi connectivity index (χ2n) is 7.23. The largest absolute Gasteiger partial charge is 0.494 e. The molecule has 0 saturated heterocycles. The Balaban J connectivity index is 1.44. The standard InChI is InChI=1S/C23H25N5O5/c1-3-31-17-8-6-16(7-9-17)26-22(30)13-33-19-10-5-15(11-20(19)32-4-2)18-12-21(29)27-23-24-14-25-28(18)23/h5-11,14,18H,3-4,12-13H2,1-2H3,(H,26,30)(H,24,25,27,29). The number of nitrogens with one attached hydrogen (secondary N) is 2. The van der Waals surface area contributed by atoms with Crippen molar-refractivity contribution in [3.63, 3.8) is 0 Å². The maximum absolute atomic E-state index is 12.4. The Kier molecular flexibility index (Phi) is 6.72. The normalized spacial score (nSPS) is 14.7. The van der Waals surface area contributed by atoms with Crippen molar-refractivity contribution in [3.05, 3.63) is 54.4 Å².